The zero-order chi connectivity index (χ0) is 22.0. The highest BCUT2D eigenvalue weighted by Crippen LogP contribution is 2.37. The molecule has 3 aromatic carbocycles. The Hall–Kier alpha value is -3.09. The molecule has 7 heteroatoms. The molecule has 5 nitrogen and oxygen atoms in total. The fourth-order valence-corrected chi connectivity index (χ4v) is 3.85. The minimum Gasteiger partial charge on any atom is -0.503 e. The van der Waals surface area contributed by atoms with Crippen LogP contribution in [0, 0.1) is 0 Å². The zero-order valence-corrected chi connectivity index (χ0v) is 18.9. The lowest BCUT2D eigenvalue weighted by atomic mass is 10.00. The Kier molecular flexibility index (Phi) is 6.11. The quantitative estimate of drug-likeness (QED) is 0.437. The maximum atomic E-state index is 13.4. The molecule has 1 aliphatic rings. The number of phenols is 1. The molecule has 0 fully saturated rings. The predicted molar refractivity (Wildman–Crippen MR) is 127 cm³/mol. The molecule has 1 heterocycles. The minimum absolute atomic E-state index is 0.129. The van der Waals surface area contributed by atoms with Crippen molar-refractivity contribution in [2.24, 2.45) is 5.10 Å². The summed E-state index contributed by atoms with van der Waals surface area (Å²) < 4.78 is 6.32. The second-order valence-electron chi connectivity index (χ2n) is 6.75. The van der Waals surface area contributed by atoms with Crippen molar-refractivity contribution >= 4 is 50.9 Å². The second-order valence-corrected chi connectivity index (χ2v) is 8.07. The largest absolute Gasteiger partial charge is 0.503 e. The lowest BCUT2D eigenvalue weighted by Gasteiger charge is -2.12. The predicted octanol–water partition coefficient (Wildman–Crippen LogP) is 6.04. The van der Waals surface area contributed by atoms with Gasteiger partial charge < -0.3 is 9.84 Å². The van der Waals surface area contributed by atoms with Crippen molar-refractivity contribution in [2.75, 3.05) is 11.6 Å². The van der Waals surface area contributed by atoms with E-state index in [1.807, 2.05) is 61.5 Å². The minimum atomic E-state index is -0.265. The third-order valence-corrected chi connectivity index (χ3v) is 5.42. The maximum absolute atomic E-state index is 13.4. The van der Waals surface area contributed by atoms with Gasteiger partial charge in [0.05, 0.1) is 22.9 Å². The molecule has 0 unspecified atom stereocenters. The van der Waals surface area contributed by atoms with E-state index in [0.717, 1.165) is 10.0 Å². The SMILES string of the molecule is CCOc1cc(/C=C2\C(=O)N(c3cccc(Br)c3)N=C2c2ccccc2)cc(Cl)c1O. The van der Waals surface area contributed by atoms with Crippen molar-refractivity contribution in [1.82, 2.24) is 0 Å². The van der Waals surface area contributed by atoms with Gasteiger partial charge in [-0.25, -0.2) is 0 Å². The highest BCUT2D eigenvalue weighted by Gasteiger charge is 2.32. The molecule has 0 radical (unpaired) electrons. The number of nitrogens with zero attached hydrogens (tertiary/aromatic N) is 2. The summed E-state index contributed by atoms with van der Waals surface area (Å²) in [7, 11) is 0. The Morgan fingerprint density at radius 3 is 2.61 bits per heavy atom. The molecule has 0 bridgehead atoms. The van der Waals surface area contributed by atoms with Gasteiger partial charge in [-0.1, -0.05) is 63.9 Å². The van der Waals surface area contributed by atoms with E-state index in [9.17, 15) is 9.90 Å². The fraction of sp³-hybridized carbons (Fsp3) is 0.0833. The summed E-state index contributed by atoms with van der Waals surface area (Å²) in [5, 5.41) is 16.3. The van der Waals surface area contributed by atoms with Crippen LogP contribution in [0.15, 0.2) is 81.9 Å². The number of amides is 1. The smallest absolute Gasteiger partial charge is 0.281 e. The van der Waals surface area contributed by atoms with Crippen molar-refractivity contribution in [2.45, 2.75) is 6.92 Å². The Morgan fingerprint density at radius 2 is 1.90 bits per heavy atom. The normalized spacial score (nSPS) is 14.8. The van der Waals surface area contributed by atoms with Crippen LogP contribution in [0.25, 0.3) is 6.08 Å². The van der Waals surface area contributed by atoms with Crippen molar-refractivity contribution in [3.63, 3.8) is 0 Å². The van der Waals surface area contributed by atoms with Gasteiger partial charge in [0.25, 0.3) is 5.91 Å². The number of hydrazone groups is 1. The van der Waals surface area contributed by atoms with Gasteiger partial charge in [-0.05, 0) is 48.9 Å². The molecule has 1 aliphatic heterocycles. The van der Waals surface area contributed by atoms with Gasteiger partial charge in [0, 0.05) is 10.0 Å². The topological polar surface area (TPSA) is 62.1 Å². The van der Waals surface area contributed by atoms with Gasteiger partial charge in [-0.15, -0.1) is 0 Å². The average Bonchev–Trinajstić information content (AvgIpc) is 3.08. The average molecular weight is 498 g/mol. The lowest BCUT2D eigenvalue weighted by Crippen LogP contribution is -2.21. The van der Waals surface area contributed by atoms with Gasteiger partial charge in [0.2, 0.25) is 0 Å². The third kappa shape index (κ3) is 4.36. The van der Waals surface area contributed by atoms with Gasteiger partial charge >= 0.3 is 0 Å². The van der Waals surface area contributed by atoms with Gasteiger partial charge in [0.15, 0.2) is 11.5 Å². The van der Waals surface area contributed by atoms with E-state index in [4.69, 9.17) is 16.3 Å². The van der Waals surface area contributed by atoms with Crippen LogP contribution in [-0.2, 0) is 4.79 Å². The van der Waals surface area contributed by atoms with E-state index < -0.39 is 0 Å². The fourth-order valence-electron chi connectivity index (χ4n) is 3.25. The number of ether oxygens (including phenoxy) is 1. The molecule has 0 saturated heterocycles. The molecule has 0 saturated carbocycles. The summed E-state index contributed by atoms with van der Waals surface area (Å²) in [4.78, 5) is 13.4. The van der Waals surface area contributed by atoms with Crippen LogP contribution < -0.4 is 9.75 Å². The number of hydrogen-bond acceptors (Lipinski definition) is 4. The lowest BCUT2D eigenvalue weighted by molar-refractivity contribution is -0.114. The first kappa shape index (κ1) is 21.2. The molecular formula is C24H18BrClN2O3. The van der Waals surface area contributed by atoms with E-state index in [2.05, 4.69) is 21.0 Å². The molecule has 0 aromatic heterocycles. The molecule has 0 atom stereocenters. The molecule has 0 spiro atoms. The standard InChI is InChI=1S/C24H18BrClN2O3/c1-2-31-21-13-15(12-20(26)23(21)29)11-19-22(16-7-4-3-5-8-16)27-28(24(19)30)18-10-6-9-17(25)14-18/h3-14,29H,2H2,1H3/b19-11-. The second kappa shape index (κ2) is 8.96. The Bertz CT molecular complexity index is 1210. The van der Waals surface area contributed by atoms with Crippen molar-refractivity contribution in [1.29, 1.82) is 0 Å². The number of carbonyl (C=O) groups is 1. The first-order chi connectivity index (χ1) is 15.0. The Labute approximate surface area is 193 Å². The number of anilines is 1. The number of hydrogen-bond donors (Lipinski definition) is 1. The summed E-state index contributed by atoms with van der Waals surface area (Å²) in [6.45, 7) is 2.19. The van der Waals surface area contributed by atoms with E-state index in [0.29, 0.717) is 29.1 Å². The molecule has 3 aromatic rings. The first-order valence-electron chi connectivity index (χ1n) is 9.59. The number of halogens is 2. The van der Waals surface area contributed by atoms with Crippen LogP contribution in [0.4, 0.5) is 5.69 Å². The monoisotopic (exact) mass is 496 g/mol. The molecule has 31 heavy (non-hydrogen) atoms. The van der Waals surface area contributed by atoms with E-state index in [1.54, 1.807) is 18.2 Å². The first-order valence-corrected chi connectivity index (χ1v) is 10.8. The summed E-state index contributed by atoms with van der Waals surface area (Å²) in [6, 6.07) is 20.1. The number of phenolic OH excluding ortho intramolecular Hbond substituents is 1. The zero-order valence-electron chi connectivity index (χ0n) is 16.5. The number of rotatable bonds is 5. The molecule has 1 amide bonds. The van der Waals surface area contributed by atoms with Crippen molar-refractivity contribution in [3.8, 4) is 11.5 Å². The van der Waals surface area contributed by atoms with Crippen LogP contribution in [0.5, 0.6) is 11.5 Å². The molecule has 156 valence electrons. The van der Waals surface area contributed by atoms with Crippen LogP contribution in [-0.4, -0.2) is 23.3 Å². The highest BCUT2D eigenvalue weighted by atomic mass is 79.9. The Balaban J connectivity index is 1.84. The maximum Gasteiger partial charge on any atom is 0.281 e. The summed E-state index contributed by atoms with van der Waals surface area (Å²) >= 11 is 9.62. The van der Waals surface area contributed by atoms with Crippen LogP contribution in [0.2, 0.25) is 5.02 Å². The number of aromatic hydroxyl groups is 1. The van der Waals surface area contributed by atoms with E-state index >= 15 is 0 Å². The summed E-state index contributed by atoms with van der Waals surface area (Å²) in [5.41, 5.74) is 3.04. The van der Waals surface area contributed by atoms with E-state index in [-0.39, 0.29) is 22.4 Å². The molecule has 1 N–H and O–H groups in total. The molecular weight excluding hydrogens is 480 g/mol. The van der Waals surface area contributed by atoms with Gasteiger partial charge in [-0.3, -0.25) is 4.79 Å². The van der Waals surface area contributed by atoms with E-state index in [1.165, 1.54) is 5.01 Å². The van der Waals surface area contributed by atoms with Crippen LogP contribution in [0.1, 0.15) is 18.1 Å². The van der Waals surface area contributed by atoms with Crippen LogP contribution >= 0.6 is 27.5 Å². The molecule has 4 rings (SSSR count). The number of benzene rings is 3. The third-order valence-electron chi connectivity index (χ3n) is 4.64. The Morgan fingerprint density at radius 1 is 1.13 bits per heavy atom. The van der Waals surface area contributed by atoms with Crippen LogP contribution in [0.3, 0.4) is 0 Å². The van der Waals surface area contributed by atoms with Crippen molar-refractivity contribution in [3.05, 3.63) is 92.9 Å². The summed E-state index contributed by atoms with van der Waals surface area (Å²) in [5.74, 6) is -0.135. The van der Waals surface area contributed by atoms with Crippen molar-refractivity contribution < 1.29 is 14.6 Å². The molecule has 0 aliphatic carbocycles. The number of carbonyl (C=O) groups excluding carboxylic acids is 1. The highest BCUT2D eigenvalue weighted by molar-refractivity contribution is 9.10. The summed E-state index contributed by atoms with van der Waals surface area (Å²) in [6.07, 6.45) is 1.71. The van der Waals surface area contributed by atoms with Gasteiger partial charge in [0.1, 0.15) is 5.71 Å². The van der Waals surface area contributed by atoms with Gasteiger partial charge in [-0.2, -0.15) is 10.1 Å².